The van der Waals surface area contributed by atoms with Crippen LogP contribution >= 0.6 is 0 Å². The molecule has 3 atom stereocenters. The number of hydrogen-bond acceptors (Lipinski definition) is 7. The summed E-state index contributed by atoms with van der Waals surface area (Å²) in [5, 5.41) is 8.09. The van der Waals surface area contributed by atoms with Crippen LogP contribution in [0.15, 0.2) is 35.9 Å². The molecule has 0 aromatic heterocycles. The van der Waals surface area contributed by atoms with Crippen LogP contribution < -0.4 is 16.0 Å². The van der Waals surface area contributed by atoms with Crippen molar-refractivity contribution < 1.29 is 34.9 Å². The first-order chi connectivity index (χ1) is 19.3. The quantitative estimate of drug-likeness (QED) is 0.170. The third-order valence-corrected chi connectivity index (χ3v) is 6.33. The van der Waals surface area contributed by atoms with Gasteiger partial charge < -0.3 is 20.7 Å². The van der Waals surface area contributed by atoms with Gasteiger partial charge in [0.1, 0.15) is 18.7 Å². The minimum absolute atomic E-state index is 0.0170. The number of carbonyl (C=O) groups is 6. The maximum atomic E-state index is 12.9. The van der Waals surface area contributed by atoms with Gasteiger partial charge in [-0.1, -0.05) is 39.3 Å². The number of esters is 1. The fourth-order valence-electron chi connectivity index (χ4n) is 3.90. The van der Waals surface area contributed by atoms with Gasteiger partial charge in [0.05, 0.1) is 0 Å². The summed E-state index contributed by atoms with van der Waals surface area (Å²) in [5.74, 6) is -2.68. The number of carbonyl (C=O) groups excluding carboxylic acids is 6. The number of benzene rings is 1. The number of imide groups is 1. The van der Waals surface area contributed by atoms with E-state index < -0.39 is 36.3 Å². The molecule has 0 bridgehead atoms. The summed E-state index contributed by atoms with van der Waals surface area (Å²) in [5.41, 5.74) is 1.60. The average molecular weight is 559 g/mol. The van der Waals surface area contributed by atoms with Gasteiger partial charge >= 0.3 is 5.97 Å². The molecule has 1 aliphatic heterocycles. The summed E-state index contributed by atoms with van der Waals surface area (Å²) in [7, 11) is 0. The zero-order chi connectivity index (χ0) is 30.7. The molecule has 0 radical (unpaired) electrons. The Morgan fingerprint density at radius 1 is 0.975 bits per heavy atom. The first kappa shape index (κ1) is 30.5. The fraction of sp³-hybridized carbons (Fsp3) is 0.517. The molecule has 0 saturated heterocycles. The van der Waals surface area contributed by atoms with E-state index in [0.29, 0.717) is 42.6 Å². The number of ether oxygens (including phenoxy) is 1. The Kier molecular flexibility index (Phi) is 11.9. The summed E-state index contributed by atoms with van der Waals surface area (Å²) in [4.78, 5) is 74.3. The maximum absolute atomic E-state index is 12.9. The SMILES string of the molecule is [3H]C(C)C(=O)OCc1ccc(NC(=O)[C@H](C)NC(=O)[C@@H](NC(=O)CCCCCN2C(=O)C=C(C)C2=O)C(C)C)cc1. The maximum Gasteiger partial charge on any atom is 0.305 e. The largest absolute Gasteiger partial charge is 0.461 e. The lowest BCUT2D eigenvalue weighted by Crippen LogP contribution is -2.53. The van der Waals surface area contributed by atoms with Gasteiger partial charge in [0.2, 0.25) is 17.7 Å². The molecule has 1 aliphatic rings. The first-order valence-corrected chi connectivity index (χ1v) is 13.4. The first-order valence-electron chi connectivity index (χ1n) is 14.0. The molecular weight excluding hydrogens is 516 g/mol. The smallest absolute Gasteiger partial charge is 0.305 e. The van der Waals surface area contributed by atoms with Crippen LogP contribution in [0.3, 0.4) is 0 Å². The van der Waals surface area contributed by atoms with E-state index >= 15 is 0 Å². The third kappa shape index (κ3) is 9.94. The zero-order valence-electron chi connectivity index (χ0n) is 24.7. The van der Waals surface area contributed by atoms with Gasteiger partial charge in [0, 0.05) is 38.1 Å². The van der Waals surface area contributed by atoms with Crippen molar-refractivity contribution >= 4 is 41.2 Å². The van der Waals surface area contributed by atoms with Crippen molar-refractivity contribution in [3.8, 4) is 0 Å². The molecule has 5 amide bonds. The van der Waals surface area contributed by atoms with Gasteiger partial charge in [-0.15, -0.1) is 0 Å². The molecule has 218 valence electrons. The van der Waals surface area contributed by atoms with Crippen LogP contribution in [-0.2, 0) is 40.1 Å². The van der Waals surface area contributed by atoms with Crippen molar-refractivity contribution in [3.05, 3.63) is 41.5 Å². The van der Waals surface area contributed by atoms with Crippen LogP contribution in [-0.4, -0.2) is 59.0 Å². The van der Waals surface area contributed by atoms with Gasteiger partial charge in [0.15, 0.2) is 0 Å². The van der Waals surface area contributed by atoms with Crippen LogP contribution in [0.1, 0.15) is 73.6 Å². The molecule has 0 aliphatic carbocycles. The minimum atomic E-state index is -0.964. The number of nitrogens with one attached hydrogen (secondary N) is 3. The van der Waals surface area contributed by atoms with E-state index in [1.54, 1.807) is 45.0 Å². The number of anilines is 1. The lowest BCUT2D eigenvalue weighted by atomic mass is 10.0. The van der Waals surface area contributed by atoms with Gasteiger partial charge in [-0.05, 0) is 50.3 Å². The molecule has 0 saturated carbocycles. The van der Waals surface area contributed by atoms with Crippen LogP contribution in [0.25, 0.3) is 0 Å². The van der Waals surface area contributed by atoms with Gasteiger partial charge in [-0.2, -0.15) is 0 Å². The van der Waals surface area contributed by atoms with Crippen molar-refractivity contribution in [2.75, 3.05) is 11.9 Å². The molecule has 40 heavy (non-hydrogen) atoms. The molecule has 11 nitrogen and oxygen atoms in total. The highest BCUT2D eigenvalue weighted by Crippen LogP contribution is 2.14. The van der Waals surface area contributed by atoms with E-state index in [2.05, 4.69) is 16.0 Å². The van der Waals surface area contributed by atoms with Crippen LogP contribution in [0.5, 0.6) is 0 Å². The second-order valence-corrected chi connectivity index (χ2v) is 10.0. The van der Waals surface area contributed by atoms with Crippen LogP contribution in [0, 0.1) is 5.92 Å². The summed E-state index contributed by atoms with van der Waals surface area (Å²) in [6.07, 6.45) is 2.28. The van der Waals surface area contributed by atoms with Crippen molar-refractivity contribution in [2.45, 2.75) is 85.4 Å². The molecule has 0 fully saturated rings. The standard InChI is InChI=1S/C29H40N4O7/c1-6-25(36)40-17-21-11-13-22(14-12-21)31-27(37)20(5)30-28(38)26(18(2)3)32-23(34)10-8-7-9-15-33-24(35)16-19(4)29(33)39/h11-14,16,18,20,26H,6-10,15,17H2,1-5H3,(H,30,38)(H,31,37)(H,32,34)/t20-,26-/m0/s1/i6T/t6?,20-,26-. The van der Waals surface area contributed by atoms with E-state index in [1.807, 2.05) is 0 Å². The summed E-state index contributed by atoms with van der Waals surface area (Å²) in [6, 6.07) is 4.91. The van der Waals surface area contributed by atoms with E-state index in [-0.39, 0.29) is 36.7 Å². The van der Waals surface area contributed by atoms with Crippen molar-refractivity contribution in [1.82, 2.24) is 15.5 Å². The Balaban J connectivity index is 1.76. The third-order valence-electron chi connectivity index (χ3n) is 6.33. The van der Waals surface area contributed by atoms with Crippen molar-refractivity contribution in [2.24, 2.45) is 5.92 Å². The molecule has 1 aromatic rings. The second-order valence-electron chi connectivity index (χ2n) is 10.0. The molecule has 3 N–H and O–H groups in total. The topological polar surface area (TPSA) is 151 Å². The van der Waals surface area contributed by atoms with E-state index in [4.69, 9.17) is 6.11 Å². The lowest BCUT2D eigenvalue weighted by Gasteiger charge is -2.24. The van der Waals surface area contributed by atoms with Crippen molar-refractivity contribution in [1.29, 1.82) is 0 Å². The van der Waals surface area contributed by atoms with Crippen molar-refractivity contribution in [3.63, 3.8) is 0 Å². The molecular formula is C29H40N4O7. The predicted octanol–water partition coefficient (Wildman–Crippen LogP) is 2.60. The van der Waals surface area contributed by atoms with Crippen LogP contribution in [0.2, 0.25) is 0 Å². The molecule has 1 aromatic carbocycles. The van der Waals surface area contributed by atoms with E-state index in [9.17, 15) is 28.8 Å². The molecule has 2 rings (SSSR count). The van der Waals surface area contributed by atoms with Gasteiger partial charge in [-0.25, -0.2) is 0 Å². The van der Waals surface area contributed by atoms with Gasteiger partial charge in [-0.3, -0.25) is 33.7 Å². The molecule has 1 heterocycles. The summed E-state index contributed by atoms with van der Waals surface area (Å²) < 4.78 is 12.3. The monoisotopic (exact) mass is 558 g/mol. The highest BCUT2D eigenvalue weighted by atomic mass is 16.5. The Labute approximate surface area is 236 Å². The summed E-state index contributed by atoms with van der Waals surface area (Å²) in [6.45, 7) is 8.46. The minimum Gasteiger partial charge on any atom is -0.461 e. The number of unbranched alkanes of at least 4 members (excludes halogenated alkanes) is 2. The molecule has 11 heteroatoms. The Morgan fingerprint density at radius 2 is 1.65 bits per heavy atom. The Morgan fingerprint density at radius 3 is 2.23 bits per heavy atom. The number of nitrogens with zero attached hydrogens (tertiary/aromatic N) is 1. The number of hydrogen-bond donors (Lipinski definition) is 3. The normalized spacial score (nSPS) is 15.6. The van der Waals surface area contributed by atoms with Crippen LogP contribution in [0.4, 0.5) is 5.69 Å². The lowest BCUT2D eigenvalue weighted by molar-refractivity contribution is -0.144. The zero-order valence-corrected chi connectivity index (χ0v) is 23.7. The fourth-order valence-corrected chi connectivity index (χ4v) is 3.90. The molecule has 1 unspecified atom stereocenters. The summed E-state index contributed by atoms with van der Waals surface area (Å²) >= 11 is 0. The highest BCUT2D eigenvalue weighted by molar-refractivity contribution is 6.15. The number of rotatable bonds is 15. The highest BCUT2D eigenvalue weighted by Gasteiger charge is 2.28. The Bertz CT molecular complexity index is 1160. The molecule has 0 spiro atoms. The number of amides is 5. The average Bonchev–Trinajstić information content (AvgIpc) is 3.16. The Hall–Kier alpha value is -4.02. The van der Waals surface area contributed by atoms with Gasteiger partial charge in [0.25, 0.3) is 11.8 Å². The predicted molar refractivity (Wildman–Crippen MR) is 148 cm³/mol. The van der Waals surface area contributed by atoms with E-state index in [1.165, 1.54) is 24.8 Å². The second kappa shape index (κ2) is 15.5. The van der Waals surface area contributed by atoms with E-state index in [0.717, 1.165) is 0 Å².